The zero-order valence-electron chi connectivity index (χ0n) is 15.9. The molecule has 1 aromatic carbocycles. The molecule has 144 valence electrons. The summed E-state index contributed by atoms with van der Waals surface area (Å²) in [6.45, 7) is 2.64. The number of aromatic nitrogens is 3. The Morgan fingerprint density at radius 1 is 1.21 bits per heavy atom. The number of fused-ring (bicyclic) bond motifs is 3. The third-order valence-corrected chi connectivity index (χ3v) is 4.93. The smallest absolute Gasteiger partial charge is 0.354 e. The summed E-state index contributed by atoms with van der Waals surface area (Å²) in [5.41, 5.74) is 11.2. The van der Waals surface area contributed by atoms with Crippen LogP contribution in [0.5, 0.6) is 5.75 Å². The summed E-state index contributed by atoms with van der Waals surface area (Å²) in [5.74, 6) is 0.672. The second-order valence-corrected chi connectivity index (χ2v) is 6.66. The van der Waals surface area contributed by atoms with Crippen LogP contribution in [0.1, 0.15) is 34.1 Å². The van der Waals surface area contributed by atoms with Crippen LogP contribution in [0.25, 0.3) is 11.4 Å². The molecule has 1 aliphatic rings. The minimum atomic E-state index is -0.339. The molecule has 0 saturated heterocycles. The molecule has 0 fully saturated rings. The minimum absolute atomic E-state index is 0.224. The number of nitrogens with two attached hydrogens (primary N) is 1. The number of ether oxygens (including phenoxy) is 2. The third kappa shape index (κ3) is 3.19. The fourth-order valence-electron chi connectivity index (χ4n) is 3.61. The standard InChI is InChI=1S/C21H22N4O3/c1-3-28-20(26)17-10-14-6-7-15-11-23-21(22)24-18(15)19(14)25(17)12-13-4-8-16(27-2)9-5-13/h4-5,8-11H,3,6-7,12H2,1-2H3,(H2,22,23,24). The van der Waals surface area contributed by atoms with Gasteiger partial charge in [-0.3, -0.25) is 0 Å². The molecule has 0 aliphatic heterocycles. The number of nitrogen functional groups attached to an aromatic ring is 1. The summed E-state index contributed by atoms with van der Waals surface area (Å²) in [6, 6.07) is 9.70. The SMILES string of the molecule is CCOC(=O)c1cc2c(n1Cc1ccc(OC)cc1)-c1nc(N)ncc1CC2. The first-order chi connectivity index (χ1) is 13.6. The number of carbonyl (C=O) groups excluding carboxylic acids is 1. The minimum Gasteiger partial charge on any atom is -0.497 e. The lowest BCUT2D eigenvalue weighted by Gasteiger charge is -2.19. The Hall–Kier alpha value is -3.35. The van der Waals surface area contributed by atoms with Crippen molar-refractivity contribution in [3.63, 3.8) is 0 Å². The van der Waals surface area contributed by atoms with Gasteiger partial charge in [0.05, 0.1) is 25.1 Å². The Labute approximate surface area is 163 Å². The molecule has 0 atom stereocenters. The van der Waals surface area contributed by atoms with E-state index >= 15 is 0 Å². The van der Waals surface area contributed by atoms with Crippen molar-refractivity contribution in [3.8, 4) is 17.1 Å². The van der Waals surface area contributed by atoms with Gasteiger partial charge in [0, 0.05) is 12.7 Å². The number of carbonyl (C=O) groups is 1. The molecule has 1 aliphatic carbocycles. The van der Waals surface area contributed by atoms with Crippen LogP contribution in [0.4, 0.5) is 5.95 Å². The van der Waals surface area contributed by atoms with Crippen LogP contribution >= 0.6 is 0 Å². The monoisotopic (exact) mass is 378 g/mol. The first-order valence-corrected chi connectivity index (χ1v) is 9.25. The average Bonchev–Trinajstić information content (AvgIpc) is 3.07. The summed E-state index contributed by atoms with van der Waals surface area (Å²) in [6.07, 6.45) is 3.41. The maximum absolute atomic E-state index is 12.6. The lowest BCUT2D eigenvalue weighted by molar-refractivity contribution is 0.0514. The lowest BCUT2D eigenvalue weighted by Crippen LogP contribution is -2.16. The highest BCUT2D eigenvalue weighted by molar-refractivity contribution is 5.90. The van der Waals surface area contributed by atoms with E-state index in [-0.39, 0.29) is 11.9 Å². The molecular formula is C21H22N4O3. The number of anilines is 1. The van der Waals surface area contributed by atoms with Gasteiger partial charge in [-0.05, 0) is 54.7 Å². The van der Waals surface area contributed by atoms with Crippen LogP contribution in [0, 0.1) is 0 Å². The van der Waals surface area contributed by atoms with Gasteiger partial charge in [0.2, 0.25) is 5.95 Å². The van der Waals surface area contributed by atoms with Crippen molar-refractivity contribution in [3.05, 3.63) is 58.9 Å². The fraction of sp³-hybridized carbons (Fsp3) is 0.286. The van der Waals surface area contributed by atoms with Gasteiger partial charge in [-0.2, -0.15) is 0 Å². The number of benzene rings is 1. The van der Waals surface area contributed by atoms with Crippen molar-refractivity contribution in [2.24, 2.45) is 0 Å². The van der Waals surface area contributed by atoms with Gasteiger partial charge < -0.3 is 19.8 Å². The van der Waals surface area contributed by atoms with E-state index in [9.17, 15) is 4.79 Å². The number of nitrogens with zero attached hydrogens (tertiary/aromatic N) is 3. The second-order valence-electron chi connectivity index (χ2n) is 6.66. The van der Waals surface area contributed by atoms with E-state index < -0.39 is 0 Å². The zero-order valence-corrected chi connectivity index (χ0v) is 15.9. The predicted octanol–water partition coefficient (Wildman–Crippen LogP) is 2.86. The van der Waals surface area contributed by atoms with E-state index in [4.69, 9.17) is 15.2 Å². The number of esters is 1. The fourth-order valence-corrected chi connectivity index (χ4v) is 3.61. The van der Waals surface area contributed by atoms with E-state index in [1.54, 1.807) is 20.2 Å². The van der Waals surface area contributed by atoms with Gasteiger partial charge in [-0.25, -0.2) is 14.8 Å². The van der Waals surface area contributed by atoms with E-state index in [2.05, 4.69) is 9.97 Å². The maximum atomic E-state index is 12.6. The molecule has 7 nitrogen and oxygen atoms in total. The van der Waals surface area contributed by atoms with Crippen LogP contribution in [-0.2, 0) is 24.1 Å². The van der Waals surface area contributed by atoms with Crippen LogP contribution in [-0.4, -0.2) is 34.2 Å². The Bertz CT molecular complexity index is 1020. The Balaban J connectivity index is 1.84. The molecule has 2 N–H and O–H groups in total. The van der Waals surface area contributed by atoms with Crippen molar-refractivity contribution >= 4 is 11.9 Å². The number of hydrogen-bond acceptors (Lipinski definition) is 6. The molecule has 2 heterocycles. The predicted molar refractivity (Wildman–Crippen MR) is 105 cm³/mol. The van der Waals surface area contributed by atoms with Crippen LogP contribution in [0.2, 0.25) is 0 Å². The second kappa shape index (κ2) is 7.34. The van der Waals surface area contributed by atoms with Gasteiger partial charge in [0.1, 0.15) is 11.4 Å². The van der Waals surface area contributed by atoms with Crippen LogP contribution in [0.3, 0.4) is 0 Å². The van der Waals surface area contributed by atoms with E-state index in [0.717, 1.165) is 46.7 Å². The Morgan fingerprint density at radius 3 is 2.68 bits per heavy atom. The molecule has 4 rings (SSSR count). The first kappa shape index (κ1) is 18.0. The van der Waals surface area contributed by atoms with Crippen molar-refractivity contribution in [1.82, 2.24) is 14.5 Å². The van der Waals surface area contributed by atoms with E-state index in [0.29, 0.717) is 18.8 Å². The summed E-state index contributed by atoms with van der Waals surface area (Å²) < 4.78 is 12.5. The normalized spacial score (nSPS) is 12.2. The summed E-state index contributed by atoms with van der Waals surface area (Å²) >= 11 is 0. The number of methoxy groups -OCH3 is 1. The van der Waals surface area contributed by atoms with Crippen molar-refractivity contribution in [1.29, 1.82) is 0 Å². The molecule has 28 heavy (non-hydrogen) atoms. The zero-order chi connectivity index (χ0) is 19.7. The van der Waals surface area contributed by atoms with Crippen LogP contribution < -0.4 is 10.5 Å². The van der Waals surface area contributed by atoms with Gasteiger partial charge >= 0.3 is 5.97 Å². The van der Waals surface area contributed by atoms with Crippen molar-refractivity contribution < 1.29 is 14.3 Å². The molecular weight excluding hydrogens is 356 g/mol. The topological polar surface area (TPSA) is 92.3 Å². The van der Waals surface area contributed by atoms with Crippen molar-refractivity contribution in [2.75, 3.05) is 19.5 Å². The highest BCUT2D eigenvalue weighted by atomic mass is 16.5. The molecule has 7 heteroatoms. The van der Waals surface area contributed by atoms with Gasteiger partial charge in [0.15, 0.2) is 0 Å². The first-order valence-electron chi connectivity index (χ1n) is 9.25. The lowest BCUT2D eigenvalue weighted by atomic mass is 9.95. The molecule has 0 saturated carbocycles. The summed E-state index contributed by atoms with van der Waals surface area (Å²) in [5, 5.41) is 0. The summed E-state index contributed by atoms with van der Waals surface area (Å²) in [7, 11) is 1.64. The average molecular weight is 378 g/mol. The van der Waals surface area contributed by atoms with Gasteiger partial charge in [-0.15, -0.1) is 0 Å². The number of rotatable bonds is 5. The third-order valence-electron chi connectivity index (χ3n) is 4.93. The molecule has 0 amide bonds. The number of aryl methyl sites for hydroxylation is 2. The van der Waals surface area contributed by atoms with Crippen molar-refractivity contribution in [2.45, 2.75) is 26.3 Å². The quantitative estimate of drug-likeness (QED) is 0.687. The molecule has 0 unspecified atom stereocenters. The molecule has 0 bridgehead atoms. The Morgan fingerprint density at radius 2 is 1.96 bits per heavy atom. The molecule has 0 spiro atoms. The molecule has 3 aromatic rings. The van der Waals surface area contributed by atoms with E-state index in [1.807, 2.05) is 34.9 Å². The maximum Gasteiger partial charge on any atom is 0.354 e. The highest BCUT2D eigenvalue weighted by Gasteiger charge is 2.27. The van der Waals surface area contributed by atoms with E-state index in [1.165, 1.54) is 0 Å². The highest BCUT2D eigenvalue weighted by Crippen LogP contribution is 2.35. The van der Waals surface area contributed by atoms with Gasteiger partial charge in [0.25, 0.3) is 0 Å². The van der Waals surface area contributed by atoms with Crippen LogP contribution in [0.15, 0.2) is 36.5 Å². The number of hydrogen-bond donors (Lipinski definition) is 1. The summed E-state index contributed by atoms with van der Waals surface area (Å²) in [4.78, 5) is 21.2. The Kier molecular flexibility index (Phi) is 4.73. The van der Waals surface area contributed by atoms with Gasteiger partial charge in [-0.1, -0.05) is 12.1 Å². The molecule has 2 aromatic heterocycles. The largest absolute Gasteiger partial charge is 0.497 e. The molecule has 0 radical (unpaired) electrons.